The summed E-state index contributed by atoms with van der Waals surface area (Å²) in [5.74, 6) is 1.78. The maximum absolute atomic E-state index is 9.92. The van der Waals surface area contributed by atoms with E-state index >= 15 is 0 Å². The monoisotopic (exact) mass is 687 g/mol. The number of hydrogen-bond donors (Lipinski definition) is 4. The van der Waals surface area contributed by atoms with E-state index in [1.807, 2.05) is 48.4 Å². The van der Waals surface area contributed by atoms with Gasteiger partial charge in [-0.2, -0.15) is 15.1 Å². The number of ether oxygens (including phenoxy) is 1. The topological polar surface area (TPSA) is 145 Å². The molecule has 51 heavy (non-hydrogen) atoms. The molecule has 1 spiro atoms. The van der Waals surface area contributed by atoms with Gasteiger partial charge in [0.05, 0.1) is 42.0 Å². The van der Waals surface area contributed by atoms with Crippen molar-refractivity contribution in [3.63, 3.8) is 0 Å². The Morgan fingerprint density at radius 1 is 0.941 bits per heavy atom. The molecule has 2 aliphatic rings. The van der Waals surface area contributed by atoms with Gasteiger partial charge in [0.25, 0.3) is 0 Å². The lowest BCUT2D eigenvalue weighted by Crippen LogP contribution is -2.54. The number of hydrogen-bond acceptors (Lipinski definition) is 11. The van der Waals surface area contributed by atoms with Crippen LogP contribution >= 0.6 is 0 Å². The number of fused-ring (bicyclic) bond motifs is 2. The van der Waals surface area contributed by atoms with Crippen LogP contribution in [-0.2, 0) is 7.05 Å². The molecule has 2 fully saturated rings. The zero-order valence-electron chi connectivity index (χ0n) is 29.6. The Bertz CT molecular complexity index is 2170. The van der Waals surface area contributed by atoms with Crippen LogP contribution < -0.4 is 20.3 Å². The van der Waals surface area contributed by atoms with E-state index in [0.717, 1.165) is 83.6 Å². The number of likely N-dealkylation sites (tertiary alicyclic amines) is 1. The van der Waals surface area contributed by atoms with Gasteiger partial charge in [0.1, 0.15) is 17.2 Å². The lowest BCUT2D eigenvalue weighted by Gasteiger charge is -2.50. The minimum Gasteiger partial charge on any atom is -0.494 e. The number of aliphatic hydroxyl groups excluding tert-OH is 1. The lowest BCUT2D eigenvalue weighted by molar-refractivity contribution is -0.00418. The van der Waals surface area contributed by atoms with Crippen LogP contribution in [-0.4, -0.2) is 90.1 Å². The van der Waals surface area contributed by atoms with Crippen molar-refractivity contribution in [3.8, 4) is 16.9 Å². The quantitative estimate of drug-likeness (QED) is 0.137. The van der Waals surface area contributed by atoms with E-state index in [4.69, 9.17) is 14.7 Å². The van der Waals surface area contributed by atoms with E-state index in [-0.39, 0.29) is 12.1 Å². The molecule has 0 aliphatic carbocycles. The molecule has 2 saturated heterocycles. The Morgan fingerprint density at radius 2 is 1.71 bits per heavy atom. The number of aryl methyl sites for hydroxylation is 1. The average Bonchev–Trinajstić information content (AvgIpc) is 3.81. The van der Waals surface area contributed by atoms with Gasteiger partial charge in [-0.05, 0) is 88.4 Å². The summed E-state index contributed by atoms with van der Waals surface area (Å²) in [6.45, 7) is 8.47. The van der Waals surface area contributed by atoms with Crippen LogP contribution in [0.25, 0.3) is 33.2 Å². The molecule has 2 aromatic carbocycles. The van der Waals surface area contributed by atoms with E-state index < -0.39 is 0 Å². The largest absolute Gasteiger partial charge is 0.494 e. The fourth-order valence-electron chi connectivity index (χ4n) is 7.69. The molecule has 8 rings (SSSR count). The lowest BCUT2D eigenvalue weighted by atomic mass is 9.70. The highest BCUT2D eigenvalue weighted by atomic mass is 16.5. The van der Waals surface area contributed by atoms with Crippen LogP contribution in [0.1, 0.15) is 39.5 Å². The van der Waals surface area contributed by atoms with Gasteiger partial charge in [-0.1, -0.05) is 0 Å². The maximum Gasteiger partial charge on any atom is 0.231 e. The first-order valence-electron chi connectivity index (χ1n) is 17.6. The molecule has 4 N–H and O–H groups in total. The summed E-state index contributed by atoms with van der Waals surface area (Å²) in [5.41, 5.74) is 7.32. The van der Waals surface area contributed by atoms with Gasteiger partial charge in [0, 0.05) is 79.0 Å². The number of methoxy groups -OCH3 is 1. The van der Waals surface area contributed by atoms with Crippen LogP contribution in [0.15, 0.2) is 67.4 Å². The molecule has 4 aromatic heterocycles. The number of aliphatic hydroxyl groups is 1. The molecule has 0 saturated carbocycles. The molecule has 0 amide bonds. The highest BCUT2D eigenvalue weighted by Crippen LogP contribution is 2.46. The van der Waals surface area contributed by atoms with Crippen molar-refractivity contribution in [2.24, 2.45) is 12.5 Å². The summed E-state index contributed by atoms with van der Waals surface area (Å²) >= 11 is 0. The normalized spacial score (nSPS) is 16.6. The van der Waals surface area contributed by atoms with E-state index in [1.54, 1.807) is 19.5 Å². The van der Waals surface area contributed by atoms with Gasteiger partial charge < -0.3 is 30.4 Å². The van der Waals surface area contributed by atoms with Crippen molar-refractivity contribution in [2.75, 3.05) is 55.4 Å². The summed E-state index contributed by atoms with van der Waals surface area (Å²) in [5, 5.41) is 22.2. The fourth-order valence-corrected chi connectivity index (χ4v) is 7.69. The van der Waals surface area contributed by atoms with Crippen molar-refractivity contribution < 1.29 is 9.84 Å². The third-order valence-electron chi connectivity index (χ3n) is 11.0. The van der Waals surface area contributed by atoms with Crippen LogP contribution in [0.3, 0.4) is 0 Å². The van der Waals surface area contributed by atoms with Crippen LogP contribution in [0.5, 0.6) is 5.75 Å². The number of benzene rings is 2. The predicted molar refractivity (Wildman–Crippen MR) is 201 cm³/mol. The number of nitrogens with one attached hydrogen (secondary N) is 3. The van der Waals surface area contributed by atoms with E-state index in [1.165, 1.54) is 12.8 Å². The highest BCUT2D eigenvalue weighted by molar-refractivity contribution is 5.92. The third-order valence-corrected chi connectivity index (χ3v) is 11.0. The minimum atomic E-state index is -0.170. The number of H-pyrrole nitrogens is 1. The number of aromatic nitrogens is 7. The molecule has 2 aliphatic heterocycles. The Hall–Kier alpha value is -5.27. The summed E-state index contributed by atoms with van der Waals surface area (Å²) in [4.78, 5) is 26.8. The molecule has 13 nitrogen and oxygen atoms in total. The Balaban J connectivity index is 1.08. The van der Waals surface area contributed by atoms with Crippen molar-refractivity contribution in [3.05, 3.63) is 67.4 Å². The average molecular weight is 688 g/mol. The van der Waals surface area contributed by atoms with Gasteiger partial charge >= 0.3 is 0 Å². The number of piperidine rings is 2. The number of anilines is 5. The maximum atomic E-state index is 9.92. The first-order valence-corrected chi connectivity index (χ1v) is 17.6. The van der Waals surface area contributed by atoms with Crippen molar-refractivity contribution in [1.82, 2.24) is 39.6 Å². The number of rotatable bonds is 9. The Labute approximate surface area is 297 Å². The summed E-state index contributed by atoms with van der Waals surface area (Å²) in [7, 11) is 3.64. The van der Waals surface area contributed by atoms with Gasteiger partial charge in [0.15, 0.2) is 0 Å². The fraction of sp³-hybridized carbons (Fsp3) is 0.395. The summed E-state index contributed by atoms with van der Waals surface area (Å²) in [6.07, 6.45) is 13.8. The molecule has 6 aromatic rings. The molecular formula is C38H45N11O2. The van der Waals surface area contributed by atoms with Gasteiger partial charge in [0.2, 0.25) is 5.95 Å². The number of aromatic amines is 1. The molecule has 0 radical (unpaired) electrons. The molecule has 264 valence electrons. The first kappa shape index (κ1) is 32.9. The molecule has 13 heteroatoms. The highest BCUT2D eigenvalue weighted by Gasteiger charge is 2.41. The molecular weight excluding hydrogens is 642 g/mol. The van der Waals surface area contributed by atoms with Gasteiger partial charge in [-0.15, -0.1) is 0 Å². The van der Waals surface area contributed by atoms with Gasteiger partial charge in [-0.3, -0.25) is 19.5 Å². The number of nitrogens with zero attached hydrogens (tertiary/aromatic N) is 8. The second-order valence-electron chi connectivity index (χ2n) is 14.6. The zero-order chi connectivity index (χ0) is 35.2. The standard InChI is InChI=1S/C38H45N11O2/c1-37(2,24-50)49-17-10-38(11-18-49)8-15-48(16-9-38)32-21-33(51-4)31(20-28(32)25-22-42-47(3)23-25)44-36-45-34-27(7-12-41-34)35(46-36)43-26-5-6-29-30(19-26)40-14-13-39-29/h5-7,12-14,19-23,50H,8-11,15-18,24H2,1-4H3,(H3,41,43,44,45,46). The van der Waals surface area contributed by atoms with Crippen LogP contribution in [0.4, 0.5) is 28.8 Å². The van der Waals surface area contributed by atoms with Crippen molar-refractivity contribution in [2.45, 2.75) is 45.1 Å². The van der Waals surface area contributed by atoms with Gasteiger partial charge in [-0.25, -0.2) is 0 Å². The summed E-state index contributed by atoms with van der Waals surface area (Å²) < 4.78 is 7.86. The second-order valence-corrected chi connectivity index (χ2v) is 14.6. The zero-order valence-corrected chi connectivity index (χ0v) is 29.6. The summed E-state index contributed by atoms with van der Waals surface area (Å²) in [6, 6.07) is 12.1. The minimum absolute atomic E-state index is 0.170. The first-order chi connectivity index (χ1) is 24.7. The Kier molecular flexibility index (Phi) is 8.47. The van der Waals surface area contributed by atoms with Crippen LogP contribution in [0, 0.1) is 5.41 Å². The smallest absolute Gasteiger partial charge is 0.231 e. The third kappa shape index (κ3) is 6.43. The van der Waals surface area contributed by atoms with E-state index in [0.29, 0.717) is 28.6 Å². The van der Waals surface area contributed by atoms with E-state index in [2.05, 4.69) is 72.7 Å². The molecule has 6 heterocycles. The van der Waals surface area contributed by atoms with E-state index in [9.17, 15) is 5.11 Å². The Morgan fingerprint density at radius 3 is 2.43 bits per heavy atom. The second kappa shape index (κ2) is 13.1. The molecule has 0 atom stereocenters. The van der Waals surface area contributed by atoms with Crippen LogP contribution in [0.2, 0.25) is 0 Å². The predicted octanol–water partition coefficient (Wildman–Crippen LogP) is 6.25. The SMILES string of the molecule is COc1cc(N2CCC3(CC2)CCN(C(C)(C)CO)CC3)c(-c2cnn(C)c2)cc1Nc1nc(Nc2ccc3nccnc3c2)c2cc[nH]c2n1. The van der Waals surface area contributed by atoms with Crippen molar-refractivity contribution in [1.29, 1.82) is 0 Å². The molecule has 0 bridgehead atoms. The van der Waals surface area contributed by atoms with Crippen molar-refractivity contribution >= 4 is 50.9 Å². The molecule has 0 unspecified atom stereocenters.